The molecular weight excluding hydrogens is 469 g/mol. The second-order valence-electron chi connectivity index (χ2n) is 6.41. The summed E-state index contributed by atoms with van der Waals surface area (Å²) >= 11 is 2.19. The predicted molar refractivity (Wildman–Crippen MR) is 120 cm³/mol. The van der Waals surface area contributed by atoms with E-state index in [0.717, 1.165) is 27.9 Å². The third-order valence-electron chi connectivity index (χ3n) is 4.52. The molecule has 1 N–H and O–H groups in total. The first-order valence-corrected chi connectivity index (χ1v) is 10.4. The topological polar surface area (TPSA) is 63.2 Å². The van der Waals surface area contributed by atoms with E-state index in [1.807, 2.05) is 43.3 Å². The van der Waals surface area contributed by atoms with E-state index in [0.29, 0.717) is 23.7 Å². The quantitative estimate of drug-likeness (QED) is 0.359. The van der Waals surface area contributed by atoms with Gasteiger partial charge in [-0.3, -0.25) is 4.79 Å². The Morgan fingerprint density at radius 2 is 1.96 bits per heavy atom. The van der Waals surface area contributed by atoms with Crippen LogP contribution in [0.3, 0.4) is 0 Å². The summed E-state index contributed by atoms with van der Waals surface area (Å²) in [5.41, 5.74) is 5.14. The van der Waals surface area contributed by atoms with E-state index in [4.69, 9.17) is 9.47 Å². The predicted octanol–water partition coefficient (Wildman–Crippen LogP) is 4.06. The normalized spacial score (nSPS) is 13.8. The summed E-state index contributed by atoms with van der Waals surface area (Å²) in [6, 6.07) is 11.4. The van der Waals surface area contributed by atoms with Gasteiger partial charge in [-0.15, -0.1) is 0 Å². The lowest BCUT2D eigenvalue weighted by molar-refractivity contribution is 0.0955. The van der Waals surface area contributed by atoms with Gasteiger partial charge in [0, 0.05) is 24.3 Å². The molecule has 1 fully saturated rings. The number of carbonyl (C=O) groups is 1. The van der Waals surface area contributed by atoms with Crippen molar-refractivity contribution >= 4 is 40.4 Å². The van der Waals surface area contributed by atoms with Crippen LogP contribution in [0.15, 0.2) is 41.5 Å². The standard InChI is InChI=1S/C21H24IN3O3/c1-3-28-19-13-15(12-18(22)20(19)27-2)14-23-24-21(26)16-6-8-17(9-7-16)25-10-4-5-11-25/h6-9,12-14H,3-5,10-11H2,1-2H3,(H,24,26)/b23-14-. The lowest BCUT2D eigenvalue weighted by Crippen LogP contribution is -2.19. The fourth-order valence-corrected chi connectivity index (χ4v) is 4.00. The van der Waals surface area contributed by atoms with Gasteiger partial charge in [-0.25, -0.2) is 5.43 Å². The molecular formula is C21H24IN3O3. The van der Waals surface area contributed by atoms with Crippen molar-refractivity contribution in [3.05, 3.63) is 51.1 Å². The highest BCUT2D eigenvalue weighted by Crippen LogP contribution is 2.33. The Morgan fingerprint density at radius 1 is 1.25 bits per heavy atom. The summed E-state index contributed by atoms with van der Waals surface area (Å²) in [5, 5.41) is 4.08. The van der Waals surface area contributed by atoms with Gasteiger partial charge in [-0.05, 0) is 84.3 Å². The maximum absolute atomic E-state index is 12.3. The van der Waals surface area contributed by atoms with Crippen molar-refractivity contribution in [1.29, 1.82) is 0 Å². The van der Waals surface area contributed by atoms with Crippen molar-refractivity contribution in [3.63, 3.8) is 0 Å². The molecule has 3 rings (SSSR count). The Hall–Kier alpha value is -2.29. The highest BCUT2D eigenvalue weighted by molar-refractivity contribution is 14.1. The molecule has 2 aromatic carbocycles. The number of hydrogen-bond donors (Lipinski definition) is 1. The molecule has 1 aliphatic rings. The number of amides is 1. The minimum atomic E-state index is -0.238. The molecule has 0 atom stereocenters. The van der Waals surface area contributed by atoms with Gasteiger partial charge >= 0.3 is 0 Å². The summed E-state index contributed by atoms with van der Waals surface area (Å²) < 4.78 is 11.9. The average Bonchev–Trinajstić information content (AvgIpc) is 3.23. The van der Waals surface area contributed by atoms with Gasteiger partial charge in [-0.1, -0.05) is 0 Å². The van der Waals surface area contributed by atoms with Gasteiger partial charge in [0.2, 0.25) is 0 Å². The van der Waals surface area contributed by atoms with E-state index in [1.54, 1.807) is 13.3 Å². The molecule has 1 aliphatic heterocycles. The van der Waals surface area contributed by atoms with Crippen LogP contribution in [0.1, 0.15) is 35.7 Å². The second-order valence-corrected chi connectivity index (χ2v) is 7.57. The van der Waals surface area contributed by atoms with Crippen LogP contribution in [0, 0.1) is 3.57 Å². The number of benzene rings is 2. The molecule has 1 heterocycles. The zero-order valence-electron chi connectivity index (χ0n) is 16.1. The Bertz CT molecular complexity index is 847. The first kappa shape index (κ1) is 20.4. The number of ether oxygens (including phenoxy) is 2. The van der Waals surface area contributed by atoms with Crippen molar-refractivity contribution in [3.8, 4) is 11.5 Å². The molecule has 7 heteroatoms. The molecule has 0 saturated carbocycles. The monoisotopic (exact) mass is 493 g/mol. The summed E-state index contributed by atoms with van der Waals surface area (Å²) in [4.78, 5) is 14.7. The maximum atomic E-state index is 12.3. The smallest absolute Gasteiger partial charge is 0.271 e. The van der Waals surface area contributed by atoms with Gasteiger partial charge in [-0.2, -0.15) is 5.10 Å². The fraction of sp³-hybridized carbons (Fsp3) is 0.333. The number of methoxy groups -OCH3 is 1. The Labute approximate surface area is 179 Å². The molecule has 0 aliphatic carbocycles. The molecule has 2 aromatic rings. The highest BCUT2D eigenvalue weighted by Gasteiger charge is 2.13. The third kappa shape index (κ3) is 4.95. The number of halogens is 1. The zero-order valence-corrected chi connectivity index (χ0v) is 18.2. The van der Waals surface area contributed by atoms with Crippen molar-refractivity contribution < 1.29 is 14.3 Å². The molecule has 0 radical (unpaired) electrons. The Kier molecular flexibility index (Phi) is 7.13. The van der Waals surface area contributed by atoms with Crippen molar-refractivity contribution in [2.24, 2.45) is 5.10 Å². The van der Waals surface area contributed by atoms with Gasteiger partial charge in [0.25, 0.3) is 5.91 Å². The van der Waals surface area contributed by atoms with Crippen LogP contribution in [-0.2, 0) is 0 Å². The molecule has 1 amide bonds. The van der Waals surface area contributed by atoms with Crippen LogP contribution in [0.25, 0.3) is 0 Å². The summed E-state index contributed by atoms with van der Waals surface area (Å²) in [6.45, 7) is 4.62. The van der Waals surface area contributed by atoms with E-state index in [1.165, 1.54) is 12.8 Å². The summed E-state index contributed by atoms with van der Waals surface area (Å²) in [5.74, 6) is 1.11. The van der Waals surface area contributed by atoms with Gasteiger partial charge in [0.05, 0.1) is 23.5 Å². The molecule has 0 aromatic heterocycles. The third-order valence-corrected chi connectivity index (χ3v) is 5.32. The van der Waals surface area contributed by atoms with Crippen molar-refractivity contribution in [1.82, 2.24) is 5.43 Å². The lowest BCUT2D eigenvalue weighted by Gasteiger charge is -2.17. The molecule has 6 nitrogen and oxygen atoms in total. The first-order valence-electron chi connectivity index (χ1n) is 9.31. The van der Waals surface area contributed by atoms with Crippen LogP contribution in [0.4, 0.5) is 5.69 Å². The Balaban J connectivity index is 1.64. The van der Waals surface area contributed by atoms with Crippen molar-refractivity contribution in [2.75, 3.05) is 31.7 Å². The largest absolute Gasteiger partial charge is 0.492 e. The van der Waals surface area contributed by atoms with Gasteiger partial charge < -0.3 is 14.4 Å². The van der Waals surface area contributed by atoms with E-state index < -0.39 is 0 Å². The number of carbonyl (C=O) groups excluding carboxylic acids is 1. The lowest BCUT2D eigenvalue weighted by atomic mass is 10.2. The molecule has 0 bridgehead atoms. The molecule has 1 saturated heterocycles. The summed E-state index contributed by atoms with van der Waals surface area (Å²) in [7, 11) is 1.61. The highest BCUT2D eigenvalue weighted by atomic mass is 127. The van der Waals surface area contributed by atoms with Crippen LogP contribution < -0.4 is 19.8 Å². The number of hydrogen-bond acceptors (Lipinski definition) is 5. The number of anilines is 1. The van der Waals surface area contributed by atoms with Crippen LogP contribution >= 0.6 is 22.6 Å². The average molecular weight is 493 g/mol. The van der Waals surface area contributed by atoms with Crippen LogP contribution in [-0.4, -0.2) is 38.9 Å². The maximum Gasteiger partial charge on any atom is 0.271 e. The SMILES string of the molecule is CCOc1cc(/C=N\NC(=O)c2ccc(N3CCCC3)cc2)cc(I)c1OC. The van der Waals surface area contributed by atoms with E-state index in [2.05, 4.69) is 38.0 Å². The fourth-order valence-electron chi connectivity index (χ4n) is 3.15. The zero-order chi connectivity index (χ0) is 19.9. The summed E-state index contributed by atoms with van der Waals surface area (Å²) in [6.07, 6.45) is 4.05. The minimum absolute atomic E-state index is 0.238. The molecule has 0 spiro atoms. The number of nitrogens with one attached hydrogen (secondary N) is 1. The van der Waals surface area contributed by atoms with Crippen LogP contribution in [0.5, 0.6) is 11.5 Å². The van der Waals surface area contributed by atoms with Gasteiger partial charge in [0.15, 0.2) is 11.5 Å². The number of hydrazone groups is 1. The first-order chi connectivity index (χ1) is 13.6. The van der Waals surface area contributed by atoms with Gasteiger partial charge in [0.1, 0.15) is 0 Å². The van der Waals surface area contributed by atoms with E-state index in [-0.39, 0.29) is 5.91 Å². The molecule has 0 unspecified atom stereocenters. The second kappa shape index (κ2) is 9.77. The number of rotatable bonds is 7. The Morgan fingerprint density at radius 3 is 2.61 bits per heavy atom. The van der Waals surface area contributed by atoms with Crippen LogP contribution in [0.2, 0.25) is 0 Å². The van der Waals surface area contributed by atoms with Crippen molar-refractivity contribution in [2.45, 2.75) is 19.8 Å². The molecule has 28 heavy (non-hydrogen) atoms. The minimum Gasteiger partial charge on any atom is -0.492 e. The van der Waals surface area contributed by atoms with E-state index in [9.17, 15) is 4.79 Å². The molecule has 148 valence electrons. The van der Waals surface area contributed by atoms with E-state index >= 15 is 0 Å². The number of nitrogens with zero attached hydrogens (tertiary/aromatic N) is 2.